The van der Waals surface area contributed by atoms with Crippen LogP contribution in [0.1, 0.15) is 15.9 Å². The number of piperazine rings is 1. The van der Waals surface area contributed by atoms with Crippen LogP contribution in [0.15, 0.2) is 53.1 Å². The van der Waals surface area contributed by atoms with E-state index in [1.54, 1.807) is 24.4 Å². The second kappa shape index (κ2) is 9.85. The highest BCUT2D eigenvalue weighted by molar-refractivity contribution is 9.10. The zero-order valence-corrected chi connectivity index (χ0v) is 20.0. The molecule has 0 aromatic heterocycles. The summed E-state index contributed by atoms with van der Waals surface area (Å²) >= 11 is 3.42. The summed E-state index contributed by atoms with van der Waals surface area (Å²) in [6.07, 6.45) is 1.65. The summed E-state index contributed by atoms with van der Waals surface area (Å²) < 4.78 is 0.814. The molecule has 0 spiro atoms. The van der Waals surface area contributed by atoms with Crippen LogP contribution < -0.4 is 15.5 Å². The Bertz CT molecular complexity index is 1030. The van der Waals surface area contributed by atoms with Crippen LogP contribution in [0.25, 0.3) is 5.57 Å². The van der Waals surface area contributed by atoms with E-state index in [4.69, 9.17) is 0 Å². The van der Waals surface area contributed by atoms with E-state index < -0.39 is 5.91 Å². The van der Waals surface area contributed by atoms with Gasteiger partial charge in [-0.3, -0.25) is 19.8 Å². The lowest BCUT2D eigenvalue weighted by molar-refractivity contribution is -0.114. The maximum absolute atomic E-state index is 12.4. The third-order valence-corrected chi connectivity index (χ3v) is 6.52. The number of nitrogens with one attached hydrogen (secondary N) is 2. The number of imide groups is 1. The van der Waals surface area contributed by atoms with Crippen LogP contribution in [0.2, 0.25) is 0 Å². The molecule has 0 aliphatic carbocycles. The largest absolute Gasteiger partial charge is 0.373 e. The van der Waals surface area contributed by atoms with Crippen LogP contribution in [0.3, 0.4) is 0 Å². The van der Waals surface area contributed by atoms with Crippen LogP contribution in [0.5, 0.6) is 0 Å². The Hall–Kier alpha value is -2.68. The molecule has 7 nitrogen and oxygen atoms in total. The van der Waals surface area contributed by atoms with E-state index in [2.05, 4.69) is 67.5 Å². The van der Waals surface area contributed by atoms with E-state index in [-0.39, 0.29) is 5.91 Å². The van der Waals surface area contributed by atoms with Crippen molar-refractivity contribution < 1.29 is 9.59 Å². The molecule has 2 aliphatic heterocycles. The standard InChI is InChI=1S/C24H28BrN5O2/c1-28-9-12-30(13-10-28)14-11-29(2)19-6-4-18(5-7-19)26-16-22-21-15-17(25)3-8-20(21)23(31)27-24(22)32/h3-8,15-16,26H,9-14H2,1-2H3,(H,27,31,32)/b22-16+. The number of anilines is 2. The predicted octanol–water partition coefficient (Wildman–Crippen LogP) is 2.86. The van der Waals surface area contributed by atoms with E-state index in [1.165, 1.54) is 0 Å². The Labute approximate surface area is 197 Å². The maximum Gasteiger partial charge on any atom is 0.260 e. The maximum atomic E-state index is 12.4. The Balaban J connectivity index is 1.39. The highest BCUT2D eigenvalue weighted by atomic mass is 79.9. The molecule has 0 unspecified atom stereocenters. The van der Waals surface area contributed by atoms with Crippen molar-refractivity contribution in [3.63, 3.8) is 0 Å². The van der Waals surface area contributed by atoms with E-state index in [1.807, 2.05) is 12.1 Å². The van der Waals surface area contributed by atoms with E-state index in [0.717, 1.165) is 55.1 Å². The van der Waals surface area contributed by atoms with Crippen LogP contribution in [-0.2, 0) is 4.79 Å². The number of fused-ring (bicyclic) bond motifs is 1. The molecule has 0 saturated carbocycles. The van der Waals surface area contributed by atoms with Gasteiger partial charge in [0.25, 0.3) is 11.8 Å². The lowest BCUT2D eigenvalue weighted by Crippen LogP contribution is -2.46. The molecule has 0 atom stereocenters. The number of rotatable bonds is 6. The predicted molar refractivity (Wildman–Crippen MR) is 132 cm³/mol. The average Bonchev–Trinajstić information content (AvgIpc) is 2.78. The number of halogens is 1. The summed E-state index contributed by atoms with van der Waals surface area (Å²) in [4.78, 5) is 31.6. The summed E-state index contributed by atoms with van der Waals surface area (Å²) in [5.41, 5.74) is 3.54. The van der Waals surface area contributed by atoms with Crippen molar-refractivity contribution in [2.45, 2.75) is 0 Å². The normalized spacial score (nSPS) is 18.4. The topological polar surface area (TPSA) is 67.9 Å². The van der Waals surface area contributed by atoms with Gasteiger partial charge in [0.1, 0.15) is 0 Å². The van der Waals surface area contributed by atoms with E-state index in [0.29, 0.717) is 16.7 Å². The zero-order valence-electron chi connectivity index (χ0n) is 18.4. The van der Waals surface area contributed by atoms with Gasteiger partial charge >= 0.3 is 0 Å². The number of hydrogen-bond acceptors (Lipinski definition) is 6. The van der Waals surface area contributed by atoms with Gasteiger partial charge in [-0.05, 0) is 49.5 Å². The Morgan fingerprint density at radius 2 is 1.75 bits per heavy atom. The van der Waals surface area contributed by atoms with Crippen LogP contribution in [0.4, 0.5) is 11.4 Å². The number of amides is 2. The first-order chi connectivity index (χ1) is 15.4. The minimum Gasteiger partial charge on any atom is -0.373 e. The smallest absolute Gasteiger partial charge is 0.260 e. The molecule has 168 valence electrons. The number of carbonyl (C=O) groups is 2. The molecule has 2 aromatic rings. The highest BCUT2D eigenvalue weighted by Gasteiger charge is 2.27. The van der Waals surface area contributed by atoms with Crippen molar-refractivity contribution in [1.29, 1.82) is 0 Å². The van der Waals surface area contributed by atoms with Crippen LogP contribution >= 0.6 is 15.9 Å². The molecule has 1 saturated heterocycles. The molecule has 8 heteroatoms. The second-order valence-electron chi connectivity index (χ2n) is 8.29. The van der Waals surface area contributed by atoms with Crippen LogP contribution in [0, 0.1) is 0 Å². The Morgan fingerprint density at radius 1 is 1.03 bits per heavy atom. The van der Waals surface area contributed by atoms with Crippen molar-refractivity contribution in [1.82, 2.24) is 15.1 Å². The van der Waals surface area contributed by atoms with Gasteiger partial charge in [0, 0.05) is 79.5 Å². The Kier molecular flexibility index (Phi) is 6.93. The summed E-state index contributed by atoms with van der Waals surface area (Å²) in [6.45, 7) is 6.54. The molecule has 2 aromatic carbocycles. The fourth-order valence-electron chi connectivity index (χ4n) is 3.90. The number of hydrogen-bond donors (Lipinski definition) is 2. The van der Waals surface area contributed by atoms with Gasteiger partial charge in [0.15, 0.2) is 0 Å². The summed E-state index contributed by atoms with van der Waals surface area (Å²) in [5.74, 6) is -0.785. The quantitative estimate of drug-likeness (QED) is 0.472. The van der Waals surface area contributed by atoms with Gasteiger partial charge in [-0.2, -0.15) is 0 Å². The van der Waals surface area contributed by atoms with Crippen LogP contribution in [-0.4, -0.2) is 75.0 Å². The van der Waals surface area contributed by atoms with Gasteiger partial charge in [-0.1, -0.05) is 15.9 Å². The average molecular weight is 498 g/mol. The molecule has 0 bridgehead atoms. The summed E-state index contributed by atoms with van der Waals surface area (Å²) in [5, 5.41) is 5.59. The number of nitrogens with zero attached hydrogens (tertiary/aromatic N) is 3. The SMILES string of the molecule is CN1CCN(CCN(C)c2ccc(N/C=C3/C(=O)NC(=O)c4ccc(Br)cc43)cc2)CC1. The molecule has 1 fully saturated rings. The van der Waals surface area contributed by atoms with Gasteiger partial charge in [0.05, 0.1) is 5.57 Å². The first kappa shape index (κ1) is 22.5. The lowest BCUT2D eigenvalue weighted by atomic mass is 9.95. The summed E-state index contributed by atoms with van der Waals surface area (Å²) in [6, 6.07) is 13.4. The minimum atomic E-state index is -0.409. The van der Waals surface area contributed by atoms with Gasteiger partial charge in [-0.15, -0.1) is 0 Å². The first-order valence-corrected chi connectivity index (χ1v) is 11.5. The fourth-order valence-corrected chi connectivity index (χ4v) is 4.26. The van der Waals surface area contributed by atoms with Gasteiger partial charge in [-0.25, -0.2) is 0 Å². The zero-order chi connectivity index (χ0) is 22.7. The molecule has 2 heterocycles. The molecule has 32 heavy (non-hydrogen) atoms. The monoisotopic (exact) mass is 497 g/mol. The number of carbonyl (C=O) groups excluding carboxylic acids is 2. The van der Waals surface area contributed by atoms with Crippen molar-refractivity contribution in [2.75, 3.05) is 63.6 Å². The molecule has 2 aliphatic rings. The van der Waals surface area contributed by atoms with Gasteiger partial charge < -0.3 is 15.1 Å². The molecule has 2 N–H and O–H groups in total. The third-order valence-electron chi connectivity index (χ3n) is 6.03. The van der Waals surface area contributed by atoms with Gasteiger partial charge in [0.2, 0.25) is 0 Å². The first-order valence-electron chi connectivity index (χ1n) is 10.7. The molecule has 0 radical (unpaired) electrons. The van der Waals surface area contributed by atoms with Crippen molar-refractivity contribution in [3.05, 3.63) is 64.3 Å². The Morgan fingerprint density at radius 3 is 2.47 bits per heavy atom. The molecular weight excluding hydrogens is 470 g/mol. The molecule has 4 rings (SSSR count). The molecular formula is C24H28BrN5O2. The van der Waals surface area contributed by atoms with Crippen molar-refractivity contribution in [2.24, 2.45) is 0 Å². The molecule has 2 amide bonds. The number of likely N-dealkylation sites (N-methyl/N-ethyl adjacent to an activating group) is 2. The van der Waals surface area contributed by atoms with Crippen molar-refractivity contribution >= 4 is 44.7 Å². The second-order valence-corrected chi connectivity index (χ2v) is 9.20. The highest BCUT2D eigenvalue weighted by Crippen LogP contribution is 2.27. The summed E-state index contributed by atoms with van der Waals surface area (Å²) in [7, 11) is 4.28. The number of benzene rings is 2. The van der Waals surface area contributed by atoms with Crippen molar-refractivity contribution in [3.8, 4) is 0 Å². The minimum absolute atomic E-state index is 0.376. The van der Waals surface area contributed by atoms with E-state index >= 15 is 0 Å². The van der Waals surface area contributed by atoms with E-state index in [9.17, 15) is 9.59 Å². The third kappa shape index (κ3) is 5.20. The lowest BCUT2D eigenvalue weighted by Gasteiger charge is -2.33. The fraction of sp³-hybridized carbons (Fsp3) is 0.333.